The molecule has 1 aromatic carbocycles. The van der Waals surface area contributed by atoms with Crippen molar-refractivity contribution in [2.45, 2.75) is 39.7 Å². The average molecular weight is 251 g/mol. The van der Waals surface area contributed by atoms with Crippen molar-refractivity contribution >= 4 is 5.91 Å². The predicted octanol–water partition coefficient (Wildman–Crippen LogP) is 2.55. The van der Waals surface area contributed by atoms with Crippen molar-refractivity contribution in [3.05, 3.63) is 23.3 Å². The molecule has 0 aliphatic heterocycles. The molecule has 0 saturated carbocycles. The van der Waals surface area contributed by atoms with E-state index in [2.05, 4.69) is 5.32 Å². The first kappa shape index (κ1) is 14.4. The monoisotopic (exact) mass is 251 g/mol. The third kappa shape index (κ3) is 3.15. The van der Waals surface area contributed by atoms with Crippen molar-refractivity contribution < 1.29 is 14.6 Å². The zero-order valence-corrected chi connectivity index (χ0v) is 11.4. The number of hydrogen-bond donors (Lipinski definition) is 2. The Balaban J connectivity index is 3.20. The van der Waals surface area contributed by atoms with Crippen LogP contribution in [0, 0.1) is 0 Å². The van der Waals surface area contributed by atoms with Gasteiger partial charge < -0.3 is 15.2 Å². The van der Waals surface area contributed by atoms with Gasteiger partial charge in [0.25, 0.3) is 0 Å². The number of carbonyl (C=O) groups is 1. The van der Waals surface area contributed by atoms with E-state index in [0.717, 1.165) is 24.0 Å². The van der Waals surface area contributed by atoms with Crippen LogP contribution in [0.5, 0.6) is 11.5 Å². The van der Waals surface area contributed by atoms with Gasteiger partial charge in [-0.2, -0.15) is 0 Å². The number of amides is 1. The topological polar surface area (TPSA) is 58.6 Å². The van der Waals surface area contributed by atoms with E-state index in [1.165, 1.54) is 14.0 Å². The Hall–Kier alpha value is -1.71. The number of hydrogen-bond acceptors (Lipinski definition) is 3. The highest BCUT2D eigenvalue weighted by molar-refractivity contribution is 5.73. The van der Waals surface area contributed by atoms with Crippen LogP contribution in [0.15, 0.2) is 12.1 Å². The third-order valence-electron chi connectivity index (χ3n) is 2.98. The summed E-state index contributed by atoms with van der Waals surface area (Å²) in [5.41, 5.74) is 2.03. The summed E-state index contributed by atoms with van der Waals surface area (Å²) in [6, 6.07) is 3.44. The van der Waals surface area contributed by atoms with Gasteiger partial charge in [0.15, 0.2) is 11.5 Å². The van der Waals surface area contributed by atoms with E-state index in [-0.39, 0.29) is 17.7 Å². The first-order chi connectivity index (χ1) is 8.53. The highest BCUT2D eigenvalue weighted by Crippen LogP contribution is 2.33. The Kier molecular flexibility index (Phi) is 5.01. The summed E-state index contributed by atoms with van der Waals surface area (Å²) in [5.74, 6) is 0.501. The normalized spacial score (nSPS) is 12.0. The second-order valence-corrected chi connectivity index (χ2v) is 4.24. The van der Waals surface area contributed by atoms with Crippen LogP contribution < -0.4 is 10.1 Å². The SMILES string of the molecule is CCc1cc(OC)c(O)cc1C(CC)NC(C)=O. The molecule has 0 bridgehead atoms. The molecule has 4 nitrogen and oxygen atoms in total. The lowest BCUT2D eigenvalue weighted by Crippen LogP contribution is -2.26. The van der Waals surface area contributed by atoms with Crippen LogP contribution in [-0.4, -0.2) is 18.1 Å². The van der Waals surface area contributed by atoms with Gasteiger partial charge in [-0.05, 0) is 36.1 Å². The molecule has 1 atom stereocenters. The van der Waals surface area contributed by atoms with Gasteiger partial charge in [-0.1, -0.05) is 13.8 Å². The summed E-state index contributed by atoms with van der Waals surface area (Å²) >= 11 is 0. The Bertz CT molecular complexity index is 429. The molecule has 0 saturated heterocycles. The van der Waals surface area contributed by atoms with E-state index in [1.54, 1.807) is 6.07 Å². The summed E-state index contributed by atoms with van der Waals surface area (Å²) in [5, 5.41) is 12.7. The second kappa shape index (κ2) is 6.28. The van der Waals surface area contributed by atoms with E-state index in [0.29, 0.717) is 5.75 Å². The molecular formula is C14H21NO3. The van der Waals surface area contributed by atoms with Gasteiger partial charge in [-0.25, -0.2) is 0 Å². The van der Waals surface area contributed by atoms with E-state index in [9.17, 15) is 9.90 Å². The lowest BCUT2D eigenvalue weighted by atomic mass is 9.96. The zero-order valence-electron chi connectivity index (χ0n) is 11.4. The Morgan fingerprint density at radius 1 is 1.44 bits per heavy atom. The van der Waals surface area contributed by atoms with Gasteiger partial charge in [0.2, 0.25) is 5.91 Å². The van der Waals surface area contributed by atoms with Gasteiger partial charge in [0.05, 0.1) is 13.2 Å². The fourth-order valence-corrected chi connectivity index (χ4v) is 2.07. The minimum absolute atomic E-state index is 0.0702. The zero-order chi connectivity index (χ0) is 13.7. The minimum atomic E-state index is -0.0748. The number of ether oxygens (including phenoxy) is 1. The number of methoxy groups -OCH3 is 1. The highest BCUT2D eigenvalue weighted by atomic mass is 16.5. The van der Waals surface area contributed by atoms with Crippen molar-refractivity contribution in [3.63, 3.8) is 0 Å². The molecule has 2 N–H and O–H groups in total. The van der Waals surface area contributed by atoms with E-state index in [1.807, 2.05) is 19.9 Å². The molecule has 4 heteroatoms. The lowest BCUT2D eigenvalue weighted by molar-refractivity contribution is -0.119. The maximum atomic E-state index is 11.2. The maximum Gasteiger partial charge on any atom is 0.217 e. The molecule has 18 heavy (non-hydrogen) atoms. The summed E-state index contributed by atoms with van der Waals surface area (Å²) in [6.07, 6.45) is 1.60. The van der Waals surface area contributed by atoms with Crippen LogP contribution in [0.1, 0.15) is 44.4 Å². The van der Waals surface area contributed by atoms with Gasteiger partial charge in [-0.3, -0.25) is 4.79 Å². The van der Waals surface area contributed by atoms with Crippen LogP contribution in [0.4, 0.5) is 0 Å². The minimum Gasteiger partial charge on any atom is -0.504 e. The Morgan fingerprint density at radius 3 is 2.56 bits per heavy atom. The number of nitrogens with one attached hydrogen (secondary N) is 1. The van der Waals surface area contributed by atoms with Gasteiger partial charge >= 0.3 is 0 Å². The molecule has 0 radical (unpaired) electrons. The van der Waals surface area contributed by atoms with Crippen molar-refractivity contribution in [1.82, 2.24) is 5.32 Å². The molecule has 0 fully saturated rings. The predicted molar refractivity (Wildman–Crippen MR) is 70.9 cm³/mol. The number of rotatable bonds is 5. The van der Waals surface area contributed by atoms with E-state index >= 15 is 0 Å². The fraction of sp³-hybridized carbons (Fsp3) is 0.500. The number of aromatic hydroxyl groups is 1. The van der Waals surface area contributed by atoms with Crippen LogP contribution in [0.3, 0.4) is 0 Å². The molecule has 0 heterocycles. The first-order valence-electron chi connectivity index (χ1n) is 6.20. The molecule has 100 valence electrons. The Labute approximate surface area is 108 Å². The van der Waals surface area contributed by atoms with Crippen LogP contribution in [0.25, 0.3) is 0 Å². The number of aryl methyl sites for hydroxylation is 1. The standard InChI is InChI=1S/C14H21NO3/c1-5-10-7-14(18-4)13(17)8-11(10)12(6-2)15-9(3)16/h7-8,12,17H,5-6H2,1-4H3,(H,15,16). The maximum absolute atomic E-state index is 11.2. The molecule has 0 spiro atoms. The van der Waals surface area contributed by atoms with Crippen molar-refractivity contribution in [3.8, 4) is 11.5 Å². The summed E-state index contributed by atoms with van der Waals surface area (Å²) < 4.78 is 5.10. The third-order valence-corrected chi connectivity index (χ3v) is 2.98. The number of carbonyl (C=O) groups excluding carboxylic acids is 1. The smallest absolute Gasteiger partial charge is 0.217 e. The summed E-state index contributed by atoms with van der Waals surface area (Å²) in [7, 11) is 1.53. The molecule has 1 aromatic rings. The molecular weight excluding hydrogens is 230 g/mol. The van der Waals surface area contributed by atoms with Crippen molar-refractivity contribution in [2.75, 3.05) is 7.11 Å². The lowest BCUT2D eigenvalue weighted by Gasteiger charge is -2.20. The van der Waals surface area contributed by atoms with Crippen molar-refractivity contribution in [1.29, 1.82) is 0 Å². The summed E-state index contributed by atoms with van der Waals surface area (Å²) in [4.78, 5) is 11.2. The van der Waals surface area contributed by atoms with Gasteiger partial charge in [0, 0.05) is 6.92 Å². The van der Waals surface area contributed by atoms with E-state index < -0.39 is 0 Å². The van der Waals surface area contributed by atoms with Crippen LogP contribution in [-0.2, 0) is 11.2 Å². The Morgan fingerprint density at radius 2 is 2.11 bits per heavy atom. The van der Waals surface area contributed by atoms with E-state index in [4.69, 9.17) is 4.74 Å². The number of benzene rings is 1. The largest absolute Gasteiger partial charge is 0.504 e. The summed E-state index contributed by atoms with van der Waals surface area (Å²) in [6.45, 7) is 5.54. The molecule has 0 aromatic heterocycles. The van der Waals surface area contributed by atoms with Crippen LogP contribution in [0.2, 0.25) is 0 Å². The second-order valence-electron chi connectivity index (χ2n) is 4.24. The first-order valence-corrected chi connectivity index (χ1v) is 6.20. The van der Waals surface area contributed by atoms with Gasteiger partial charge in [0.1, 0.15) is 0 Å². The molecule has 0 aliphatic rings. The molecule has 0 aliphatic carbocycles. The molecule has 1 amide bonds. The quantitative estimate of drug-likeness (QED) is 0.845. The van der Waals surface area contributed by atoms with Crippen LogP contribution >= 0.6 is 0 Å². The average Bonchev–Trinajstić information content (AvgIpc) is 2.35. The highest BCUT2D eigenvalue weighted by Gasteiger charge is 2.17. The van der Waals surface area contributed by atoms with Crippen molar-refractivity contribution in [2.24, 2.45) is 0 Å². The molecule has 1 rings (SSSR count). The van der Waals surface area contributed by atoms with Gasteiger partial charge in [-0.15, -0.1) is 0 Å². The number of phenolic OH excluding ortho intramolecular Hbond substituents is 1. The fourth-order valence-electron chi connectivity index (χ4n) is 2.07. The number of phenols is 1. The molecule has 1 unspecified atom stereocenters.